The monoisotopic (exact) mass is 216 g/mol. The van der Waals surface area contributed by atoms with E-state index in [0.717, 1.165) is 19.5 Å². The average molecular weight is 216 g/mol. The van der Waals surface area contributed by atoms with E-state index in [0.29, 0.717) is 5.56 Å². The van der Waals surface area contributed by atoms with Crippen molar-refractivity contribution in [3.63, 3.8) is 0 Å². The highest BCUT2D eigenvalue weighted by Crippen LogP contribution is 2.03. The third-order valence-corrected chi connectivity index (χ3v) is 2.53. The molecule has 1 unspecified atom stereocenters. The zero-order valence-corrected chi connectivity index (χ0v) is 8.73. The number of carbonyl (C=O) groups is 1. The van der Waals surface area contributed by atoms with Gasteiger partial charge in [0.05, 0.1) is 0 Å². The number of amides is 1. The fraction of sp³-hybridized carbons (Fsp3) is 0.364. The van der Waals surface area contributed by atoms with Gasteiger partial charge in [-0.3, -0.25) is 4.79 Å². The van der Waals surface area contributed by atoms with Crippen LogP contribution in [0.2, 0.25) is 0 Å². The standard InChI is InChI=1S/C11H12N4O/c12-6-10-5-8(1-4-14-10)11(16)15-9-2-3-13-7-9/h1,4-5,9,13H,2-3,7H2,(H,15,16). The third-order valence-electron chi connectivity index (χ3n) is 2.53. The number of nitrogens with zero attached hydrogens (tertiary/aromatic N) is 2. The summed E-state index contributed by atoms with van der Waals surface area (Å²) in [6, 6.07) is 5.21. The molecule has 82 valence electrons. The summed E-state index contributed by atoms with van der Waals surface area (Å²) < 4.78 is 0. The van der Waals surface area contributed by atoms with Crippen molar-refractivity contribution in [3.8, 4) is 6.07 Å². The molecule has 5 nitrogen and oxygen atoms in total. The van der Waals surface area contributed by atoms with Gasteiger partial charge in [0.2, 0.25) is 0 Å². The molecule has 2 rings (SSSR count). The van der Waals surface area contributed by atoms with Crippen LogP contribution in [-0.2, 0) is 0 Å². The minimum atomic E-state index is -0.146. The molecule has 0 aromatic carbocycles. The second-order valence-electron chi connectivity index (χ2n) is 3.70. The van der Waals surface area contributed by atoms with Crippen molar-refractivity contribution in [2.75, 3.05) is 13.1 Å². The number of nitrogens with one attached hydrogen (secondary N) is 2. The van der Waals surface area contributed by atoms with Gasteiger partial charge in [0, 0.05) is 24.3 Å². The van der Waals surface area contributed by atoms with E-state index >= 15 is 0 Å². The Kier molecular flexibility index (Phi) is 3.13. The Morgan fingerprint density at radius 1 is 1.69 bits per heavy atom. The van der Waals surface area contributed by atoms with Gasteiger partial charge in [0.25, 0.3) is 5.91 Å². The predicted octanol–water partition coefficient (Wildman–Crippen LogP) is 0.0450. The molecule has 1 aromatic heterocycles. The SMILES string of the molecule is N#Cc1cc(C(=O)NC2CCNC2)ccn1. The summed E-state index contributed by atoms with van der Waals surface area (Å²) in [5.74, 6) is -0.146. The molecule has 1 saturated heterocycles. The first-order valence-electron chi connectivity index (χ1n) is 5.17. The maximum atomic E-state index is 11.8. The molecule has 1 amide bonds. The first kappa shape index (κ1) is 10.6. The van der Waals surface area contributed by atoms with Crippen LogP contribution in [-0.4, -0.2) is 30.0 Å². The number of pyridine rings is 1. The zero-order valence-electron chi connectivity index (χ0n) is 8.73. The van der Waals surface area contributed by atoms with Crippen molar-refractivity contribution in [2.45, 2.75) is 12.5 Å². The molecule has 1 atom stereocenters. The molecule has 0 radical (unpaired) electrons. The lowest BCUT2D eigenvalue weighted by Crippen LogP contribution is -2.36. The van der Waals surface area contributed by atoms with E-state index in [-0.39, 0.29) is 17.6 Å². The molecule has 0 saturated carbocycles. The maximum Gasteiger partial charge on any atom is 0.251 e. The van der Waals surface area contributed by atoms with E-state index < -0.39 is 0 Å². The Morgan fingerprint density at radius 3 is 3.25 bits per heavy atom. The number of carbonyl (C=O) groups excluding carboxylic acids is 1. The van der Waals surface area contributed by atoms with Gasteiger partial charge in [0.15, 0.2) is 0 Å². The highest BCUT2D eigenvalue weighted by molar-refractivity contribution is 5.94. The lowest BCUT2D eigenvalue weighted by atomic mass is 10.2. The Labute approximate surface area is 93.5 Å². The number of hydrogen-bond donors (Lipinski definition) is 2. The minimum Gasteiger partial charge on any atom is -0.348 e. The third kappa shape index (κ3) is 2.35. The molecule has 1 aromatic rings. The Hall–Kier alpha value is -1.93. The average Bonchev–Trinajstić information content (AvgIpc) is 2.82. The van der Waals surface area contributed by atoms with Crippen LogP contribution in [0.15, 0.2) is 18.3 Å². The summed E-state index contributed by atoms with van der Waals surface area (Å²) in [5, 5.41) is 14.8. The van der Waals surface area contributed by atoms with Crippen molar-refractivity contribution >= 4 is 5.91 Å². The predicted molar refractivity (Wildman–Crippen MR) is 57.7 cm³/mol. The quantitative estimate of drug-likeness (QED) is 0.732. The van der Waals surface area contributed by atoms with Gasteiger partial charge in [-0.1, -0.05) is 0 Å². The molecule has 0 aliphatic carbocycles. The highest BCUT2D eigenvalue weighted by atomic mass is 16.1. The molecule has 2 heterocycles. The Morgan fingerprint density at radius 2 is 2.56 bits per heavy atom. The minimum absolute atomic E-state index is 0.146. The van der Waals surface area contributed by atoms with Crippen molar-refractivity contribution in [2.24, 2.45) is 0 Å². The molecule has 16 heavy (non-hydrogen) atoms. The normalized spacial score (nSPS) is 19.1. The van der Waals surface area contributed by atoms with E-state index in [1.165, 1.54) is 12.3 Å². The molecule has 5 heteroatoms. The topological polar surface area (TPSA) is 77.8 Å². The zero-order chi connectivity index (χ0) is 11.4. The second kappa shape index (κ2) is 4.73. The van der Waals surface area contributed by atoms with Crippen molar-refractivity contribution in [3.05, 3.63) is 29.6 Å². The summed E-state index contributed by atoms with van der Waals surface area (Å²) in [6.45, 7) is 1.74. The van der Waals surface area contributed by atoms with E-state index in [2.05, 4.69) is 15.6 Å². The van der Waals surface area contributed by atoms with Gasteiger partial charge in [-0.25, -0.2) is 4.98 Å². The van der Waals surface area contributed by atoms with Crippen molar-refractivity contribution in [1.82, 2.24) is 15.6 Å². The summed E-state index contributed by atoms with van der Waals surface area (Å²) >= 11 is 0. The summed E-state index contributed by atoms with van der Waals surface area (Å²) in [5.41, 5.74) is 0.746. The number of aromatic nitrogens is 1. The van der Waals surface area contributed by atoms with E-state index in [9.17, 15) is 4.79 Å². The molecule has 1 aliphatic rings. The highest BCUT2D eigenvalue weighted by Gasteiger charge is 2.17. The van der Waals surface area contributed by atoms with Crippen LogP contribution in [0.1, 0.15) is 22.5 Å². The molecule has 0 bridgehead atoms. The van der Waals surface area contributed by atoms with Crippen LogP contribution < -0.4 is 10.6 Å². The fourth-order valence-corrected chi connectivity index (χ4v) is 1.68. The number of nitriles is 1. The second-order valence-corrected chi connectivity index (χ2v) is 3.70. The van der Waals surface area contributed by atoms with Crippen LogP contribution in [0.25, 0.3) is 0 Å². The van der Waals surface area contributed by atoms with E-state index in [4.69, 9.17) is 5.26 Å². The molecule has 2 N–H and O–H groups in total. The first-order valence-corrected chi connectivity index (χ1v) is 5.17. The summed E-state index contributed by atoms with van der Waals surface area (Å²) in [7, 11) is 0. The van der Waals surface area contributed by atoms with E-state index in [1.54, 1.807) is 6.07 Å². The smallest absolute Gasteiger partial charge is 0.251 e. The van der Waals surface area contributed by atoms with Gasteiger partial charge in [-0.15, -0.1) is 0 Å². The van der Waals surface area contributed by atoms with E-state index in [1.807, 2.05) is 6.07 Å². The molecule has 1 aliphatic heterocycles. The molecular weight excluding hydrogens is 204 g/mol. The number of hydrogen-bond acceptors (Lipinski definition) is 4. The number of rotatable bonds is 2. The summed E-state index contributed by atoms with van der Waals surface area (Å²) in [6.07, 6.45) is 2.42. The maximum absolute atomic E-state index is 11.8. The first-order chi connectivity index (χ1) is 7.79. The molecular formula is C11H12N4O. The van der Waals surface area contributed by atoms with Crippen molar-refractivity contribution in [1.29, 1.82) is 5.26 Å². The van der Waals surface area contributed by atoms with Crippen LogP contribution in [0.4, 0.5) is 0 Å². The van der Waals surface area contributed by atoms with Crippen LogP contribution >= 0.6 is 0 Å². The Bertz CT molecular complexity index is 432. The van der Waals surface area contributed by atoms with Gasteiger partial charge < -0.3 is 10.6 Å². The largest absolute Gasteiger partial charge is 0.348 e. The van der Waals surface area contributed by atoms with Gasteiger partial charge >= 0.3 is 0 Å². The molecule has 1 fully saturated rings. The van der Waals surface area contributed by atoms with Gasteiger partial charge in [-0.05, 0) is 25.1 Å². The van der Waals surface area contributed by atoms with Crippen molar-refractivity contribution < 1.29 is 4.79 Å². The lowest BCUT2D eigenvalue weighted by molar-refractivity contribution is 0.0940. The molecule has 0 spiro atoms. The summed E-state index contributed by atoms with van der Waals surface area (Å²) in [4.78, 5) is 15.6. The lowest BCUT2D eigenvalue weighted by Gasteiger charge is -2.10. The van der Waals surface area contributed by atoms with Crippen LogP contribution in [0.3, 0.4) is 0 Å². The van der Waals surface area contributed by atoms with Gasteiger partial charge in [0.1, 0.15) is 11.8 Å². The van der Waals surface area contributed by atoms with Crippen LogP contribution in [0.5, 0.6) is 0 Å². The fourth-order valence-electron chi connectivity index (χ4n) is 1.68. The van der Waals surface area contributed by atoms with Crippen LogP contribution in [0, 0.1) is 11.3 Å². The van der Waals surface area contributed by atoms with Gasteiger partial charge in [-0.2, -0.15) is 5.26 Å². The Balaban J connectivity index is 2.05.